The van der Waals surface area contributed by atoms with Crippen LogP contribution in [0, 0.1) is 6.92 Å². The Morgan fingerprint density at radius 2 is 2.00 bits per heavy atom. The summed E-state index contributed by atoms with van der Waals surface area (Å²) in [6.45, 7) is 4.58. The third-order valence-electron chi connectivity index (χ3n) is 6.99. The Labute approximate surface area is 176 Å². The zero-order valence-electron chi connectivity index (χ0n) is 17.6. The van der Waals surface area contributed by atoms with Gasteiger partial charge in [-0.25, -0.2) is 4.98 Å². The fourth-order valence-corrected chi connectivity index (χ4v) is 5.65. The minimum Gasteiger partial charge on any atom is -0.388 e. The number of hydrogen-bond donors (Lipinski definition) is 1. The standard InChI is InChI=1S/C23H29N5O2/c1-16(27-10-8-25-17(27)2)11-22(29)28-19-3-4-20(28)13-23(30,12-19)15-26-9-6-18-5-7-24-14-21(18)26/h5-10,14,16,19-20,30H,3-4,11-13,15H2,1-2H3/t16-,19-,20+,23?/m0/s1. The van der Waals surface area contributed by atoms with Crippen molar-refractivity contribution in [3.63, 3.8) is 0 Å². The maximum atomic E-state index is 13.2. The summed E-state index contributed by atoms with van der Waals surface area (Å²) in [4.78, 5) is 23.8. The van der Waals surface area contributed by atoms with Crippen LogP contribution in [-0.2, 0) is 11.3 Å². The Balaban J connectivity index is 1.29. The highest BCUT2D eigenvalue weighted by Gasteiger charge is 2.49. The number of carbonyl (C=O) groups is 1. The number of aryl methyl sites for hydroxylation is 1. The van der Waals surface area contributed by atoms with E-state index in [-0.39, 0.29) is 24.0 Å². The summed E-state index contributed by atoms with van der Waals surface area (Å²) >= 11 is 0. The Morgan fingerprint density at radius 1 is 1.23 bits per heavy atom. The molecule has 5 rings (SSSR count). The minimum atomic E-state index is -0.795. The quantitative estimate of drug-likeness (QED) is 0.705. The van der Waals surface area contributed by atoms with Crippen molar-refractivity contribution < 1.29 is 9.90 Å². The van der Waals surface area contributed by atoms with Gasteiger partial charge in [0.05, 0.1) is 23.9 Å². The largest absolute Gasteiger partial charge is 0.388 e. The first-order chi connectivity index (χ1) is 14.4. The van der Waals surface area contributed by atoms with Gasteiger partial charge in [0, 0.05) is 54.7 Å². The molecule has 1 unspecified atom stereocenters. The van der Waals surface area contributed by atoms with E-state index >= 15 is 0 Å². The maximum Gasteiger partial charge on any atom is 0.225 e. The first kappa shape index (κ1) is 19.3. The van der Waals surface area contributed by atoms with Gasteiger partial charge in [0.1, 0.15) is 5.82 Å². The van der Waals surface area contributed by atoms with Crippen LogP contribution in [0.15, 0.2) is 43.1 Å². The fourth-order valence-electron chi connectivity index (χ4n) is 5.65. The molecular weight excluding hydrogens is 378 g/mol. The molecule has 5 heterocycles. The molecule has 0 aromatic carbocycles. The average Bonchev–Trinajstić information content (AvgIpc) is 3.39. The second kappa shape index (κ2) is 7.23. The Hall–Kier alpha value is -2.67. The minimum absolute atomic E-state index is 0.0824. The molecule has 2 aliphatic rings. The molecule has 0 spiro atoms. The van der Waals surface area contributed by atoms with E-state index in [2.05, 4.69) is 37.0 Å². The lowest BCUT2D eigenvalue weighted by atomic mass is 9.85. The van der Waals surface area contributed by atoms with Gasteiger partial charge in [-0.05, 0) is 51.7 Å². The number of fused-ring (bicyclic) bond motifs is 3. The molecule has 158 valence electrons. The van der Waals surface area contributed by atoms with Gasteiger partial charge in [0.15, 0.2) is 0 Å². The smallest absolute Gasteiger partial charge is 0.225 e. The molecule has 2 fully saturated rings. The molecule has 3 aromatic heterocycles. The van der Waals surface area contributed by atoms with Gasteiger partial charge in [-0.3, -0.25) is 9.78 Å². The summed E-state index contributed by atoms with van der Waals surface area (Å²) in [5.41, 5.74) is 0.248. The van der Waals surface area contributed by atoms with Crippen molar-refractivity contribution in [2.24, 2.45) is 0 Å². The first-order valence-electron chi connectivity index (χ1n) is 10.9. The van der Waals surface area contributed by atoms with Gasteiger partial charge >= 0.3 is 0 Å². The van der Waals surface area contributed by atoms with E-state index in [1.54, 1.807) is 12.4 Å². The van der Waals surface area contributed by atoms with Crippen LogP contribution in [0.25, 0.3) is 10.9 Å². The number of amides is 1. The number of carbonyl (C=O) groups excluding carboxylic acids is 1. The zero-order valence-corrected chi connectivity index (χ0v) is 17.6. The Kier molecular flexibility index (Phi) is 4.65. The summed E-state index contributed by atoms with van der Waals surface area (Å²) in [6, 6.07) is 4.38. The monoisotopic (exact) mass is 407 g/mol. The highest BCUT2D eigenvalue weighted by atomic mass is 16.3. The van der Waals surface area contributed by atoms with Crippen molar-refractivity contribution in [3.8, 4) is 0 Å². The highest BCUT2D eigenvalue weighted by molar-refractivity contribution is 5.79. The lowest BCUT2D eigenvalue weighted by molar-refractivity contribution is -0.142. The van der Waals surface area contributed by atoms with Crippen LogP contribution < -0.4 is 0 Å². The van der Waals surface area contributed by atoms with Crippen LogP contribution in [0.3, 0.4) is 0 Å². The van der Waals surface area contributed by atoms with Crippen LogP contribution in [0.1, 0.15) is 50.9 Å². The summed E-state index contributed by atoms with van der Waals surface area (Å²) in [7, 11) is 0. The van der Waals surface area contributed by atoms with Crippen molar-refractivity contribution in [3.05, 3.63) is 48.9 Å². The number of aromatic nitrogens is 4. The summed E-state index contributed by atoms with van der Waals surface area (Å²) in [5.74, 6) is 1.13. The molecule has 2 bridgehead atoms. The second-order valence-electron chi connectivity index (χ2n) is 9.13. The highest BCUT2D eigenvalue weighted by Crippen LogP contribution is 2.42. The number of hydrogen-bond acceptors (Lipinski definition) is 4. The lowest BCUT2D eigenvalue weighted by Gasteiger charge is -2.44. The molecule has 3 aromatic rings. The Bertz CT molecular complexity index is 1060. The molecule has 0 radical (unpaired) electrons. The topological polar surface area (TPSA) is 76.2 Å². The average molecular weight is 408 g/mol. The van der Waals surface area contributed by atoms with Crippen LogP contribution in [0.5, 0.6) is 0 Å². The molecule has 0 saturated carbocycles. The third-order valence-corrected chi connectivity index (χ3v) is 6.99. The van der Waals surface area contributed by atoms with Gasteiger partial charge in [-0.15, -0.1) is 0 Å². The van der Waals surface area contributed by atoms with E-state index in [9.17, 15) is 9.90 Å². The number of imidazole rings is 1. The van der Waals surface area contributed by atoms with Gasteiger partial charge in [-0.2, -0.15) is 0 Å². The van der Waals surface area contributed by atoms with Crippen LogP contribution in [0.4, 0.5) is 0 Å². The van der Waals surface area contributed by atoms with Gasteiger partial charge in [0.2, 0.25) is 5.91 Å². The van der Waals surface area contributed by atoms with Crippen LogP contribution in [0.2, 0.25) is 0 Å². The van der Waals surface area contributed by atoms with E-state index in [1.807, 2.05) is 31.6 Å². The van der Waals surface area contributed by atoms with E-state index in [0.717, 1.165) is 29.6 Å². The SMILES string of the molecule is Cc1nccn1[C@@H](C)CC(=O)N1[C@@H]2CC[C@H]1CC(O)(Cn1ccc3ccncc31)C2. The van der Waals surface area contributed by atoms with Gasteiger partial charge < -0.3 is 19.1 Å². The molecular formula is C23H29N5O2. The molecule has 1 N–H and O–H groups in total. The number of piperidine rings is 1. The molecule has 4 atom stereocenters. The van der Waals surface area contributed by atoms with Gasteiger partial charge in [-0.1, -0.05) is 0 Å². The fraction of sp³-hybridized carbons (Fsp3) is 0.522. The van der Waals surface area contributed by atoms with Crippen molar-refractivity contribution in [1.82, 2.24) is 24.0 Å². The molecule has 0 aliphatic carbocycles. The second-order valence-corrected chi connectivity index (χ2v) is 9.13. The Morgan fingerprint density at radius 3 is 2.70 bits per heavy atom. The number of pyridine rings is 1. The molecule has 2 saturated heterocycles. The maximum absolute atomic E-state index is 13.2. The summed E-state index contributed by atoms with van der Waals surface area (Å²) in [5, 5.41) is 12.6. The van der Waals surface area contributed by atoms with E-state index in [4.69, 9.17) is 0 Å². The van der Waals surface area contributed by atoms with E-state index in [1.165, 1.54) is 0 Å². The lowest BCUT2D eigenvalue weighted by Crippen LogP contribution is -2.54. The number of nitrogens with zero attached hydrogens (tertiary/aromatic N) is 5. The first-order valence-corrected chi connectivity index (χ1v) is 10.9. The van der Waals surface area contributed by atoms with E-state index in [0.29, 0.717) is 25.8 Å². The molecule has 2 aliphatic heterocycles. The predicted molar refractivity (Wildman–Crippen MR) is 114 cm³/mol. The summed E-state index contributed by atoms with van der Waals surface area (Å²) in [6.07, 6.45) is 13.1. The zero-order chi connectivity index (χ0) is 20.9. The van der Waals surface area contributed by atoms with Crippen molar-refractivity contribution in [1.29, 1.82) is 0 Å². The summed E-state index contributed by atoms with van der Waals surface area (Å²) < 4.78 is 4.16. The van der Waals surface area contributed by atoms with Crippen LogP contribution >= 0.6 is 0 Å². The molecule has 7 nitrogen and oxygen atoms in total. The molecule has 30 heavy (non-hydrogen) atoms. The number of aliphatic hydroxyl groups is 1. The normalized spacial score (nSPS) is 27.0. The van der Waals surface area contributed by atoms with Crippen molar-refractivity contribution >= 4 is 16.8 Å². The number of rotatable bonds is 5. The molecule has 1 amide bonds. The van der Waals surface area contributed by atoms with Crippen LogP contribution in [-0.4, -0.2) is 52.7 Å². The van der Waals surface area contributed by atoms with Gasteiger partial charge in [0.25, 0.3) is 0 Å². The van der Waals surface area contributed by atoms with E-state index < -0.39 is 5.60 Å². The molecule has 7 heteroatoms. The predicted octanol–water partition coefficient (Wildman–Crippen LogP) is 3.08. The van der Waals surface area contributed by atoms with Crippen molar-refractivity contribution in [2.45, 2.75) is 76.2 Å². The van der Waals surface area contributed by atoms with Crippen molar-refractivity contribution in [2.75, 3.05) is 0 Å². The third kappa shape index (κ3) is 3.31.